The Morgan fingerprint density at radius 3 is 2.43 bits per heavy atom. The minimum atomic E-state index is -0.920. The van der Waals surface area contributed by atoms with E-state index < -0.39 is 6.10 Å². The Kier molecular flexibility index (Phi) is 6.63. The number of anilines is 1. The molecule has 0 saturated carbocycles. The van der Waals surface area contributed by atoms with Crippen molar-refractivity contribution in [3.8, 4) is 28.7 Å². The van der Waals surface area contributed by atoms with Crippen LogP contribution in [0.1, 0.15) is 23.7 Å². The normalized spacial score (nSPS) is 12.1. The number of aliphatic hydroxyl groups excluding tert-OH is 2. The Hall–Kier alpha value is -3.04. The van der Waals surface area contributed by atoms with Gasteiger partial charge in [-0.1, -0.05) is 5.16 Å². The lowest BCUT2D eigenvalue weighted by Crippen LogP contribution is -2.21. The summed E-state index contributed by atoms with van der Waals surface area (Å²) in [7, 11) is 1.92. The summed E-state index contributed by atoms with van der Waals surface area (Å²) in [6.07, 6.45) is -0.920. The molecule has 0 aliphatic carbocycles. The predicted molar refractivity (Wildman–Crippen MR) is 113 cm³/mol. The molecule has 0 spiro atoms. The van der Waals surface area contributed by atoms with Crippen LogP contribution in [0.25, 0.3) is 23.0 Å². The van der Waals surface area contributed by atoms with E-state index in [1.54, 1.807) is 0 Å². The van der Waals surface area contributed by atoms with Crippen LogP contribution in [0.5, 0.6) is 5.75 Å². The molecule has 0 fully saturated rings. The molecule has 160 valence electrons. The summed E-state index contributed by atoms with van der Waals surface area (Å²) < 4.78 is 11.1. The number of rotatable bonds is 8. The third-order valence-electron chi connectivity index (χ3n) is 4.65. The maximum Gasteiger partial charge on any atom is 0.277 e. The van der Waals surface area contributed by atoms with Crippen LogP contribution in [0.3, 0.4) is 0 Å². The van der Waals surface area contributed by atoms with Crippen LogP contribution in [0, 0.1) is 20.8 Å². The van der Waals surface area contributed by atoms with Crippen LogP contribution in [-0.2, 0) is 0 Å². The van der Waals surface area contributed by atoms with Gasteiger partial charge in [-0.05, 0) is 57.0 Å². The minimum absolute atomic E-state index is 0.0193. The molecule has 0 aliphatic rings. The van der Waals surface area contributed by atoms with E-state index in [9.17, 15) is 5.11 Å². The molecule has 3 aromatic rings. The Bertz CT molecular complexity index is 997. The van der Waals surface area contributed by atoms with Crippen molar-refractivity contribution in [1.82, 2.24) is 20.1 Å². The maximum atomic E-state index is 9.51. The van der Waals surface area contributed by atoms with Gasteiger partial charge in [0.25, 0.3) is 5.89 Å². The number of aliphatic hydroxyl groups is 2. The van der Waals surface area contributed by atoms with Gasteiger partial charge >= 0.3 is 0 Å². The van der Waals surface area contributed by atoms with Crippen molar-refractivity contribution in [3.05, 3.63) is 35.0 Å². The molecule has 1 aromatic carbocycles. The highest BCUT2D eigenvalue weighted by Crippen LogP contribution is 2.30. The molecule has 1 atom stereocenters. The second-order valence-corrected chi connectivity index (χ2v) is 7.22. The van der Waals surface area contributed by atoms with Crippen molar-refractivity contribution in [2.24, 2.45) is 0 Å². The summed E-state index contributed by atoms with van der Waals surface area (Å²) in [4.78, 5) is 15.4. The molecule has 2 N–H and O–H groups in total. The van der Waals surface area contributed by atoms with E-state index in [0.717, 1.165) is 28.9 Å². The molecule has 0 amide bonds. The molecule has 0 saturated heterocycles. The lowest BCUT2D eigenvalue weighted by atomic mass is 10.1. The average Bonchev–Trinajstić information content (AvgIpc) is 3.22. The van der Waals surface area contributed by atoms with Gasteiger partial charge < -0.3 is 24.4 Å². The molecule has 0 bridgehead atoms. The van der Waals surface area contributed by atoms with Crippen molar-refractivity contribution in [2.75, 3.05) is 31.7 Å². The molecular weight excluding hydrogens is 386 g/mol. The molecular formula is C21H27N5O4. The SMILES string of the molecule is CCN(C)c1nc(C)cc(-c2nc(-c3cc(C)c(OC[C@H](O)CO)c(C)c3)no2)n1. The van der Waals surface area contributed by atoms with Gasteiger partial charge in [0.05, 0.1) is 6.61 Å². The van der Waals surface area contributed by atoms with Gasteiger partial charge in [0.2, 0.25) is 11.8 Å². The monoisotopic (exact) mass is 413 g/mol. The van der Waals surface area contributed by atoms with E-state index in [0.29, 0.717) is 29.1 Å². The largest absolute Gasteiger partial charge is 0.490 e. The van der Waals surface area contributed by atoms with Crippen LogP contribution in [0.4, 0.5) is 5.95 Å². The van der Waals surface area contributed by atoms with E-state index in [1.807, 2.05) is 57.8 Å². The first kappa shape index (κ1) is 21.7. The molecule has 0 aliphatic heterocycles. The van der Waals surface area contributed by atoms with E-state index >= 15 is 0 Å². The lowest BCUT2D eigenvalue weighted by molar-refractivity contribution is 0.0532. The lowest BCUT2D eigenvalue weighted by Gasteiger charge is -2.15. The second kappa shape index (κ2) is 9.19. The Morgan fingerprint density at radius 1 is 1.10 bits per heavy atom. The van der Waals surface area contributed by atoms with Crippen molar-refractivity contribution >= 4 is 5.95 Å². The molecule has 0 radical (unpaired) electrons. The topological polar surface area (TPSA) is 118 Å². The number of aromatic nitrogens is 4. The number of hydrogen-bond acceptors (Lipinski definition) is 9. The first-order chi connectivity index (χ1) is 14.3. The molecule has 2 heterocycles. The molecule has 2 aromatic heterocycles. The van der Waals surface area contributed by atoms with E-state index in [2.05, 4.69) is 20.1 Å². The predicted octanol–water partition coefficient (Wildman–Crippen LogP) is 2.31. The number of benzene rings is 1. The van der Waals surface area contributed by atoms with Crippen LogP contribution in [0.2, 0.25) is 0 Å². The van der Waals surface area contributed by atoms with Crippen molar-refractivity contribution in [2.45, 2.75) is 33.8 Å². The fourth-order valence-corrected chi connectivity index (χ4v) is 2.96. The van der Waals surface area contributed by atoms with Crippen molar-refractivity contribution < 1.29 is 19.5 Å². The Balaban J connectivity index is 1.89. The van der Waals surface area contributed by atoms with Crippen molar-refractivity contribution in [3.63, 3.8) is 0 Å². The second-order valence-electron chi connectivity index (χ2n) is 7.22. The van der Waals surface area contributed by atoms with Gasteiger partial charge in [-0.3, -0.25) is 0 Å². The maximum absolute atomic E-state index is 9.51. The van der Waals surface area contributed by atoms with Crippen molar-refractivity contribution in [1.29, 1.82) is 0 Å². The van der Waals surface area contributed by atoms with Gasteiger partial charge in [-0.15, -0.1) is 0 Å². The smallest absolute Gasteiger partial charge is 0.277 e. The average molecular weight is 413 g/mol. The molecule has 9 nitrogen and oxygen atoms in total. The zero-order valence-corrected chi connectivity index (χ0v) is 17.9. The zero-order valence-electron chi connectivity index (χ0n) is 17.9. The molecule has 30 heavy (non-hydrogen) atoms. The van der Waals surface area contributed by atoms with E-state index in [4.69, 9.17) is 14.4 Å². The zero-order chi connectivity index (χ0) is 21.8. The fourth-order valence-electron chi connectivity index (χ4n) is 2.96. The molecule has 3 rings (SSSR count). The summed E-state index contributed by atoms with van der Waals surface area (Å²) in [5.74, 6) is 2.03. The van der Waals surface area contributed by atoms with Crippen LogP contribution in [-0.4, -0.2) is 63.2 Å². The third-order valence-corrected chi connectivity index (χ3v) is 4.65. The van der Waals surface area contributed by atoms with Crippen LogP contribution < -0.4 is 9.64 Å². The summed E-state index contributed by atoms with van der Waals surface area (Å²) in [6.45, 7) is 8.18. The summed E-state index contributed by atoms with van der Waals surface area (Å²) in [6, 6.07) is 5.60. The third kappa shape index (κ3) is 4.74. The van der Waals surface area contributed by atoms with Gasteiger partial charge in [-0.25, -0.2) is 9.97 Å². The van der Waals surface area contributed by atoms with Crippen LogP contribution in [0.15, 0.2) is 22.7 Å². The van der Waals surface area contributed by atoms with E-state index in [1.165, 1.54) is 0 Å². The summed E-state index contributed by atoms with van der Waals surface area (Å²) >= 11 is 0. The summed E-state index contributed by atoms with van der Waals surface area (Å²) in [5, 5.41) is 22.6. The van der Waals surface area contributed by atoms with E-state index in [-0.39, 0.29) is 13.2 Å². The van der Waals surface area contributed by atoms with Gasteiger partial charge in [0.15, 0.2) is 0 Å². The summed E-state index contributed by atoms with van der Waals surface area (Å²) in [5.41, 5.74) is 3.90. The Morgan fingerprint density at radius 2 is 1.80 bits per heavy atom. The molecule has 0 unspecified atom stereocenters. The highest BCUT2D eigenvalue weighted by atomic mass is 16.5. The van der Waals surface area contributed by atoms with Gasteiger partial charge in [-0.2, -0.15) is 4.98 Å². The number of aryl methyl sites for hydroxylation is 3. The van der Waals surface area contributed by atoms with Crippen LogP contribution >= 0.6 is 0 Å². The highest BCUT2D eigenvalue weighted by Gasteiger charge is 2.17. The standard InChI is InChI=1S/C21H27N5O4/c1-6-26(5)21-22-14(4)9-17(23-21)20-24-19(25-30-20)15-7-12(2)18(13(3)8-15)29-11-16(28)10-27/h7-9,16,27-28H,6,10-11H2,1-5H3/t16-/m1/s1. The Labute approximate surface area is 175 Å². The molecule has 9 heteroatoms. The quantitative estimate of drug-likeness (QED) is 0.573. The number of ether oxygens (including phenoxy) is 1. The van der Waals surface area contributed by atoms with Gasteiger partial charge in [0.1, 0.15) is 24.2 Å². The first-order valence-corrected chi connectivity index (χ1v) is 9.76. The fraction of sp³-hybridized carbons (Fsp3) is 0.429. The number of nitrogens with zero attached hydrogens (tertiary/aromatic N) is 5. The highest BCUT2D eigenvalue weighted by molar-refractivity contribution is 5.63. The first-order valence-electron chi connectivity index (χ1n) is 9.76. The number of hydrogen-bond donors (Lipinski definition) is 2. The minimum Gasteiger partial charge on any atom is -0.490 e. The van der Waals surface area contributed by atoms with Gasteiger partial charge in [0, 0.05) is 24.8 Å².